The number of hydrogen-bond acceptors (Lipinski definition) is 4. The van der Waals surface area contributed by atoms with E-state index in [1.807, 2.05) is 36.0 Å². The highest BCUT2D eigenvalue weighted by Crippen LogP contribution is 2.24. The molecule has 0 heterocycles. The maximum atomic E-state index is 12.2. The number of nitrogens with one attached hydrogen (secondary N) is 2. The fourth-order valence-corrected chi connectivity index (χ4v) is 4.10. The van der Waals surface area contributed by atoms with E-state index in [9.17, 15) is 4.79 Å². The number of rotatable bonds is 12. The van der Waals surface area contributed by atoms with Crippen LogP contribution >= 0.6 is 11.8 Å². The molecule has 0 aliphatic carbocycles. The van der Waals surface area contributed by atoms with Gasteiger partial charge in [0.25, 0.3) is 0 Å². The number of carbonyl (C=O) groups is 1. The van der Waals surface area contributed by atoms with Crippen LogP contribution in [0.1, 0.15) is 30.9 Å². The molecule has 0 fully saturated rings. The monoisotopic (exact) mass is 448 g/mol. The van der Waals surface area contributed by atoms with Crippen molar-refractivity contribution in [3.63, 3.8) is 0 Å². The molecule has 0 aromatic heterocycles. The fourth-order valence-electron chi connectivity index (χ4n) is 3.24. The largest absolute Gasteiger partial charge is 0.450 e. The fraction of sp³-hybridized carbons (Fsp3) is 0.296. The van der Waals surface area contributed by atoms with Gasteiger partial charge in [0, 0.05) is 22.9 Å². The highest BCUT2D eigenvalue weighted by Gasteiger charge is 2.14. The van der Waals surface area contributed by atoms with Crippen molar-refractivity contribution in [2.24, 2.45) is 0 Å². The Hall–Kier alpha value is -2.92. The van der Waals surface area contributed by atoms with Gasteiger partial charge in [-0.3, -0.25) is 0 Å². The first-order valence-electron chi connectivity index (χ1n) is 11.2. The van der Waals surface area contributed by atoms with Gasteiger partial charge < -0.3 is 15.4 Å². The van der Waals surface area contributed by atoms with E-state index in [-0.39, 0.29) is 12.1 Å². The Morgan fingerprint density at radius 3 is 2.22 bits per heavy atom. The van der Waals surface area contributed by atoms with Crippen molar-refractivity contribution in [2.75, 3.05) is 18.5 Å². The van der Waals surface area contributed by atoms with Crippen molar-refractivity contribution in [1.82, 2.24) is 5.32 Å². The second-order valence-corrected chi connectivity index (χ2v) is 8.75. The summed E-state index contributed by atoms with van der Waals surface area (Å²) in [5.41, 5.74) is 3.54. The van der Waals surface area contributed by atoms with Crippen LogP contribution in [-0.4, -0.2) is 25.3 Å². The van der Waals surface area contributed by atoms with Crippen LogP contribution in [0.3, 0.4) is 0 Å². The van der Waals surface area contributed by atoms with Gasteiger partial charge in [-0.15, -0.1) is 11.8 Å². The molecule has 0 aliphatic heterocycles. The van der Waals surface area contributed by atoms with Gasteiger partial charge in [-0.25, -0.2) is 4.79 Å². The molecule has 0 spiro atoms. The minimum absolute atomic E-state index is 0.0707. The van der Waals surface area contributed by atoms with Gasteiger partial charge in [0.1, 0.15) is 0 Å². The summed E-state index contributed by atoms with van der Waals surface area (Å²) in [5.74, 6) is 0.955. The summed E-state index contributed by atoms with van der Waals surface area (Å²) in [4.78, 5) is 13.4. The van der Waals surface area contributed by atoms with Crippen LogP contribution < -0.4 is 10.6 Å². The maximum Gasteiger partial charge on any atom is 0.407 e. The van der Waals surface area contributed by atoms with Crippen LogP contribution in [-0.2, 0) is 16.9 Å². The first-order chi connectivity index (χ1) is 15.7. The van der Waals surface area contributed by atoms with E-state index in [1.54, 1.807) is 0 Å². The number of amides is 1. The third-order valence-corrected chi connectivity index (χ3v) is 6.12. The molecule has 0 saturated heterocycles. The summed E-state index contributed by atoms with van der Waals surface area (Å²) < 4.78 is 5.30. The highest BCUT2D eigenvalue weighted by molar-refractivity contribution is 7.98. The van der Waals surface area contributed by atoms with Crippen molar-refractivity contribution in [1.29, 1.82) is 0 Å². The zero-order valence-corrected chi connectivity index (χ0v) is 19.4. The molecule has 3 aromatic carbocycles. The van der Waals surface area contributed by atoms with E-state index in [1.165, 1.54) is 16.0 Å². The Kier molecular flexibility index (Phi) is 10.0. The Labute approximate surface area is 195 Å². The van der Waals surface area contributed by atoms with E-state index in [2.05, 4.69) is 78.2 Å². The third-order valence-electron chi connectivity index (χ3n) is 5.03. The van der Waals surface area contributed by atoms with Crippen molar-refractivity contribution < 1.29 is 9.53 Å². The standard InChI is InChI=1S/C27H32N2O2S/c1-2-3-18-31-27(30)29-25(19-22-10-6-4-7-11-22)20-28-24-14-16-26(17-15-24)32-21-23-12-8-5-9-13-23/h4-17,25,28H,2-3,18-21H2,1H3,(H,29,30). The van der Waals surface area contributed by atoms with Crippen molar-refractivity contribution in [2.45, 2.75) is 42.9 Å². The zero-order chi connectivity index (χ0) is 22.4. The Morgan fingerprint density at radius 2 is 1.56 bits per heavy atom. The molecule has 1 atom stereocenters. The van der Waals surface area contributed by atoms with E-state index in [4.69, 9.17) is 4.74 Å². The van der Waals surface area contributed by atoms with E-state index >= 15 is 0 Å². The predicted octanol–water partition coefficient (Wildman–Crippen LogP) is 6.53. The molecule has 2 N–H and O–H groups in total. The predicted molar refractivity (Wildman–Crippen MR) is 134 cm³/mol. The molecule has 168 valence electrons. The Bertz CT molecular complexity index is 917. The number of ether oxygens (including phenoxy) is 1. The molecule has 32 heavy (non-hydrogen) atoms. The number of hydrogen-bond donors (Lipinski definition) is 2. The minimum Gasteiger partial charge on any atom is -0.450 e. The van der Waals surface area contributed by atoms with Gasteiger partial charge in [0.15, 0.2) is 0 Å². The molecule has 0 bridgehead atoms. The molecular weight excluding hydrogens is 416 g/mol. The average molecular weight is 449 g/mol. The second-order valence-electron chi connectivity index (χ2n) is 7.70. The van der Waals surface area contributed by atoms with Crippen LogP contribution in [0, 0.1) is 0 Å². The number of benzene rings is 3. The van der Waals surface area contributed by atoms with Gasteiger partial charge in [0.2, 0.25) is 0 Å². The van der Waals surface area contributed by atoms with Crippen LogP contribution in [0.5, 0.6) is 0 Å². The third kappa shape index (κ3) is 8.67. The number of anilines is 1. The van der Waals surface area contributed by atoms with Crippen molar-refractivity contribution in [3.8, 4) is 0 Å². The lowest BCUT2D eigenvalue weighted by molar-refractivity contribution is 0.141. The van der Waals surface area contributed by atoms with Crippen molar-refractivity contribution >= 4 is 23.5 Å². The van der Waals surface area contributed by atoms with Crippen LogP contribution in [0.4, 0.5) is 10.5 Å². The normalized spacial score (nSPS) is 11.5. The summed E-state index contributed by atoms with van der Waals surface area (Å²) in [6, 6.07) is 29.1. The molecule has 4 nitrogen and oxygen atoms in total. The SMILES string of the molecule is CCCCOC(=O)NC(CNc1ccc(SCc2ccccc2)cc1)Cc1ccccc1. The number of thioether (sulfide) groups is 1. The maximum absolute atomic E-state index is 12.2. The number of alkyl carbamates (subject to hydrolysis) is 1. The van der Waals surface area contributed by atoms with Gasteiger partial charge in [-0.2, -0.15) is 0 Å². The van der Waals surface area contributed by atoms with E-state index in [0.717, 1.165) is 30.7 Å². The second kappa shape index (κ2) is 13.5. The van der Waals surface area contributed by atoms with Gasteiger partial charge in [-0.1, -0.05) is 74.0 Å². The zero-order valence-electron chi connectivity index (χ0n) is 18.6. The van der Waals surface area contributed by atoms with Gasteiger partial charge >= 0.3 is 6.09 Å². The summed E-state index contributed by atoms with van der Waals surface area (Å²) in [6.45, 7) is 3.15. The molecule has 3 rings (SSSR count). The van der Waals surface area contributed by atoms with E-state index in [0.29, 0.717) is 13.2 Å². The van der Waals surface area contributed by atoms with Crippen LogP contribution in [0.2, 0.25) is 0 Å². The van der Waals surface area contributed by atoms with Crippen LogP contribution in [0.15, 0.2) is 89.8 Å². The molecule has 3 aromatic rings. The molecular formula is C27H32N2O2S. The first kappa shape index (κ1) is 23.7. The molecule has 5 heteroatoms. The van der Waals surface area contributed by atoms with Gasteiger partial charge in [0.05, 0.1) is 12.6 Å². The lowest BCUT2D eigenvalue weighted by Gasteiger charge is -2.20. The lowest BCUT2D eigenvalue weighted by atomic mass is 10.1. The molecule has 0 radical (unpaired) electrons. The van der Waals surface area contributed by atoms with Crippen LogP contribution in [0.25, 0.3) is 0 Å². The summed E-state index contributed by atoms with van der Waals surface area (Å²) >= 11 is 1.82. The smallest absolute Gasteiger partial charge is 0.407 e. The summed E-state index contributed by atoms with van der Waals surface area (Å²) in [6.07, 6.45) is 2.27. The van der Waals surface area contributed by atoms with Gasteiger partial charge in [-0.05, 0) is 48.2 Å². The Morgan fingerprint density at radius 1 is 0.906 bits per heavy atom. The number of unbranched alkanes of at least 4 members (excludes halogenated alkanes) is 1. The number of carbonyl (C=O) groups excluding carboxylic acids is 1. The average Bonchev–Trinajstić information content (AvgIpc) is 2.83. The molecule has 0 saturated carbocycles. The van der Waals surface area contributed by atoms with E-state index < -0.39 is 0 Å². The Balaban J connectivity index is 1.52. The summed E-state index contributed by atoms with van der Waals surface area (Å²) in [5, 5.41) is 6.48. The first-order valence-corrected chi connectivity index (χ1v) is 12.2. The molecule has 1 unspecified atom stereocenters. The highest BCUT2D eigenvalue weighted by atomic mass is 32.2. The molecule has 0 aliphatic rings. The summed E-state index contributed by atoms with van der Waals surface area (Å²) in [7, 11) is 0. The van der Waals surface area contributed by atoms with Crippen molar-refractivity contribution in [3.05, 3.63) is 96.1 Å². The topological polar surface area (TPSA) is 50.4 Å². The minimum atomic E-state index is -0.353. The molecule has 1 amide bonds. The lowest BCUT2D eigenvalue weighted by Crippen LogP contribution is -2.41. The quantitative estimate of drug-likeness (QED) is 0.244.